The monoisotopic (exact) mass is 315 g/mol. The fourth-order valence-corrected chi connectivity index (χ4v) is 3.28. The lowest BCUT2D eigenvalue weighted by Crippen LogP contribution is -2.31. The molecule has 1 saturated heterocycles. The third kappa shape index (κ3) is 2.99. The van der Waals surface area contributed by atoms with Crippen LogP contribution in [0.15, 0.2) is 12.4 Å². The number of nitrogens with zero attached hydrogens (tertiary/aromatic N) is 7. The van der Waals surface area contributed by atoms with Crippen LogP contribution in [0.4, 0.5) is 10.9 Å². The van der Waals surface area contributed by atoms with Crippen molar-refractivity contribution in [1.29, 1.82) is 5.26 Å². The van der Waals surface area contributed by atoms with E-state index in [0.29, 0.717) is 11.5 Å². The summed E-state index contributed by atoms with van der Waals surface area (Å²) in [7, 11) is 0. The van der Waals surface area contributed by atoms with Gasteiger partial charge in [0.25, 0.3) is 0 Å². The molecule has 8 heteroatoms. The fraction of sp³-hybridized carbons (Fsp3) is 0.500. The van der Waals surface area contributed by atoms with Crippen LogP contribution in [-0.4, -0.2) is 45.5 Å². The number of aryl methyl sites for hydroxylation is 1. The van der Waals surface area contributed by atoms with Crippen LogP contribution in [-0.2, 0) is 6.42 Å². The topological polar surface area (TPSA) is 81.8 Å². The molecule has 0 atom stereocenters. The van der Waals surface area contributed by atoms with Crippen LogP contribution < -0.4 is 9.80 Å². The lowest BCUT2D eigenvalue weighted by molar-refractivity contribution is 0.792. The Morgan fingerprint density at radius 1 is 1.18 bits per heavy atom. The highest BCUT2D eigenvalue weighted by Gasteiger charge is 2.20. The molecule has 0 aliphatic carbocycles. The second-order valence-electron chi connectivity index (χ2n) is 5.01. The average molecular weight is 315 g/mol. The van der Waals surface area contributed by atoms with E-state index >= 15 is 0 Å². The Bertz CT molecular complexity index is 678. The second-order valence-corrected chi connectivity index (χ2v) is 5.75. The van der Waals surface area contributed by atoms with Gasteiger partial charge in [-0.3, -0.25) is 0 Å². The first-order valence-corrected chi connectivity index (χ1v) is 8.12. The van der Waals surface area contributed by atoms with Crippen LogP contribution in [0, 0.1) is 11.3 Å². The Labute approximate surface area is 133 Å². The summed E-state index contributed by atoms with van der Waals surface area (Å²) in [6, 6.07) is 2.12. The zero-order chi connectivity index (χ0) is 15.4. The van der Waals surface area contributed by atoms with E-state index in [0.717, 1.165) is 50.0 Å². The van der Waals surface area contributed by atoms with Crippen molar-refractivity contribution < 1.29 is 0 Å². The molecule has 1 aliphatic heterocycles. The molecule has 0 radical (unpaired) electrons. The number of nitriles is 1. The summed E-state index contributed by atoms with van der Waals surface area (Å²) in [4.78, 5) is 17.4. The van der Waals surface area contributed by atoms with Gasteiger partial charge in [-0.1, -0.05) is 6.92 Å². The molecule has 0 amide bonds. The summed E-state index contributed by atoms with van der Waals surface area (Å²) in [5.41, 5.74) is 0.389. The molecular formula is C14H17N7S. The lowest BCUT2D eigenvalue weighted by atomic mass is 10.3. The van der Waals surface area contributed by atoms with E-state index < -0.39 is 0 Å². The summed E-state index contributed by atoms with van der Waals surface area (Å²) in [6.07, 6.45) is 5.04. The van der Waals surface area contributed by atoms with Gasteiger partial charge in [0.2, 0.25) is 5.13 Å². The van der Waals surface area contributed by atoms with Gasteiger partial charge in [-0.05, 0) is 6.42 Å². The summed E-state index contributed by atoms with van der Waals surface area (Å²) < 4.78 is 4.35. The minimum atomic E-state index is 0.389. The molecule has 0 bridgehead atoms. The first kappa shape index (κ1) is 14.7. The maximum atomic E-state index is 9.17. The summed E-state index contributed by atoms with van der Waals surface area (Å²) in [5.74, 6) is 1.58. The van der Waals surface area contributed by atoms with Crippen molar-refractivity contribution in [3.63, 3.8) is 0 Å². The van der Waals surface area contributed by atoms with Crippen LogP contribution >= 0.6 is 11.5 Å². The van der Waals surface area contributed by atoms with E-state index in [1.807, 2.05) is 0 Å². The van der Waals surface area contributed by atoms with Crippen LogP contribution in [0.1, 0.15) is 24.9 Å². The maximum Gasteiger partial charge on any atom is 0.205 e. The Balaban J connectivity index is 1.73. The molecule has 2 aromatic rings. The van der Waals surface area contributed by atoms with Gasteiger partial charge >= 0.3 is 0 Å². The normalized spacial score (nSPS) is 15.5. The van der Waals surface area contributed by atoms with Crippen molar-refractivity contribution in [1.82, 2.24) is 19.3 Å². The van der Waals surface area contributed by atoms with Gasteiger partial charge in [0, 0.05) is 56.5 Å². The third-order valence-corrected chi connectivity index (χ3v) is 4.44. The largest absolute Gasteiger partial charge is 0.352 e. The first-order chi connectivity index (χ1) is 10.8. The van der Waals surface area contributed by atoms with Gasteiger partial charge in [0.15, 0.2) is 11.5 Å². The van der Waals surface area contributed by atoms with Crippen LogP contribution in [0.5, 0.6) is 0 Å². The van der Waals surface area contributed by atoms with E-state index in [9.17, 15) is 5.26 Å². The van der Waals surface area contributed by atoms with Crippen molar-refractivity contribution in [3.8, 4) is 6.07 Å². The Morgan fingerprint density at radius 3 is 2.73 bits per heavy atom. The summed E-state index contributed by atoms with van der Waals surface area (Å²) in [5, 5.41) is 10.2. The van der Waals surface area contributed by atoms with Gasteiger partial charge < -0.3 is 9.80 Å². The van der Waals surface area contributed by atoms with Gasteiger partial charge in [0.05, 0.1) is 0 Å². The number of rotatable bonds is 3. The molecule has 0 spiro atoms. The second kappa shape index (κ2) is 6.66. The molecule has 0 aromatic carbocycles. The van der Waals surface area contributed by atoms with Gasteiger partial charge in [-0.15, -0.1) is 0 Å². The van der Waals surface area contributed by atoms with E-state index in [1.165, 1.54) is 11.5 Å². The van der Waals surface area contributed by atoms with Crippen LogP contribution in [0.25, 0.3) is 0 Å². The zero-order valence-electron chi connectivity index (χ0n) is 12.4. The quantitative estimate of drug-likeness (QED) is 0.848. The molecule has 0 saturated carbocycles. The highest BCUT2D eigenvalue weighted by molar-refractivity contribution is 7.09. The molecule has 1 fully saturated rings. The summed E-state index contributed by atoms with van der Waals surface area (Å²) in [6.45, 7) is 5.52. The van der Waals surface area contributed by atoms with Crippen molar-refractivity contribution in [2.24, 2.45) is 0 Å². The zero-order valence-corrected chi connectivity index (χ0v) is 13.3. The Hall–Kier alpha value is -2.27. The van der Waals surface area contributed by atoms with Crippen molar-refractivity contribution in [3.05, 3.63) is 23.9 Å². The summed E-state index contributed by atoms with van der Waals surface area (Å²) >= 11 is 1.46. The van der Waals surface area contributed by atoms with E-state index in [4.69, 9.17) is 0 Å². The molecule has 0 unspecified atom stereocenters. The SMILES string of the molecule is CCc1nsc(N2CCCN(c3nccnc3C#N)CC2)n1. The Morgan fingerprint density at radius 2 is 1.95 bits per heavy atom. The minimum Gasteiger partial charge on any atom is -0.352 e. The molecule has 22 heavy (non-hydrogen) atoms. The van der Waals surface area contributed by atoms with Crippen molar-refractivity contribution in [2.75, 3.05) is 36.0 Å². The van der Waals surface area contributed by atoms with Gasteiger partial charge in [0.1, 0.15) is 11.9 Å². The fourth-order valence-electron chi connectivity index (χ4n) is 2.48. The number of anilines is 2. The number of hydrogen-bond donors (Lipinski definition) is 0. The number of hydrogen-bond acceptors (Lipinski definition) is 8. The predicted molar refractivity (Wildman–Crippen MR) is 85.1 cm³/mol. The van der Waals surface area contributed by atoms with Crippen LogP contribution in [0.3, 0.4) is 0 Å². The smallest absolute Gasteiger partial charge is 0.205 e. The highest BCUT2D eigenvalue weighted by atomic mass is 32.1. The van der Waals surface area contributed by atoms with Crippen LogP contribution in [0.2, 0.25) is 0 Å². The first-order valence-electron chi connectivity index (χ1n) is 7.35. The lowest BCUT2D eigenvalue weighted by Gasteiger charge is -2.22. The van der Waals surface area contributed by atoms with Gasteiger partial charge in [-0.25, -0.2) is 15.0 Å². The average Bonchev–Trinajstić information content (AvgIpc) is 2.92. The Kier molecular flexibility index (Phi) is 4.44. The molecule has 1 aliphatic rings. The highest BCUT2D eigenvalue weighted by Crippen LogP contribution is 2.21. The standard InChI is InChI=1S/C14H17N7S/c1-2-12-18-14(22-19-12)21-7-3-6-20(8-9-21)13-11(10-15)16-4-5-17-13/h4-5H,2-3,6-9H2,1H3. The number of aromatic nitrogens is 4. The maximum absolute atomic E-state index is 9.17. The molecule has 3 heterocycles. The molecule has 7 nitrogen and oxygen atoms in total. The molecule has 114 valence electrons. The minimum absolute atomic E-state index is 0.389. The third-order valence-electron chi connectivity index (χ3n) is 3.62. The van der Waals surface area contributed by atoms with E-state index in [1.54, 1.807) is 12.4 Å². The van der Waals surface area contributed by atoms with Crippen molar-refractivity contribution >= 4 is 22.5 Å². The molecular weight excluding hydrogens is 298 g/mol. The molecule has 3 rings (SSSR count). The van der Waals surface area contributed by atoms with Crippen molar-refractivity contribution in [2.45, 2.75) is 19.8 Å². The molecule has 2 aromatic heterocycles. The predicted octanol–water partition coefficient (Wildman–Crippen LogP) is 1.48. The van der Waals surface area contributed by atoms with Gasteiger partial charge in [-0.2, -0.15) is 9.64 Å². The molecule has 0 N–H and O–H groups in total. The van der Waals surface area contributed by atoms with E-state index in [-0.39, 0.29) is 0 Å². The van der Waals surface area contributed by atoms with E-state index in [2.05, 4.69) is 42.1 Å².